The Morgan fingerprint density at radius 2 is 1.88 bits per heavy atom. The normalized spacial score (nSPS) is 23.4. The highest BCUT2D eigenvalue weighted by Gasteiger charge is 2.41. The topological polar surface area (TPSA) is 59.1 Å². The summed E-state index contributed by atoms with van der Waals surface area (Å²) >= 11 is 0. The van der Waals surface area contributed by atoms with Crippen molar-refractivity contribution in [3.8, 4) is 0 Å². The first kappa shape index (κ1) is 18.6. The molecular weight excluding hydrogens is 339 g/mol. The van der Waals surface area contributed by atoms with Gasteiger partial charge in [-0.2, -0.15) is 0 Å². The summed E-state index contributed by atoms with van der Waals surface area (Å²) < 4.78 is 25.2. The zero-order valence-electron chi connectivity index (χ0n) is 15.4. The first-order chi connectivity index (χ1) is 12.3. The molecule has 2 bridgehead atoms. The number of amides is 2. The first-order valence-corrected chi connectivity index (χ1v) is 8.89. The Hall–Kier alpha value is -2.15. The fraction of sp³-hybridized carbons (Fsp3) is 0.579. The van der Waals surface area contributed by atoms with Crippen LogP contribution in [0.3, 0.4) is 0 Å². The number of ether oxygens (including phenoxy) is 2. The maximum atomic E-state index is 14.1. The van der Waals surface area contributed by atoms with Gasteiger partial charge in [0.15, 0.2) is 0 Å². The van der Waals surface area contributed by atoms with Crippen LogP contribution < -0.4 is 0 Å². The highest BCUT2D eigenvalue weighted by atomic mass is 19.1. The summed E-state index contributed by atoms with van der Waals surface area (Å²) in [6, 6.07) is 5.47. The fourth-order valence-electron chi connectivity index (χ4n) is 3.41. The van der Waals surface area contributed by atoms with Gasteiger partial charge < -0.3 is 19.3 Å². The number of carbonyl (C=O) groups excluding carboxylic acids is 2. The molecule has 3 rings (SSSR count). The molecule has 2 heterocycles. The van der Waals surface area contributed by atoms with Crippen LogP contribution in [-0.4, -0.2) is 65.8 Å². The summed E-state index contributed by atoms with van der Waals surface area (Å²) in [5.41, 5.74) is -0.535. The summed E-state index contributed by atoms with van der Waals surface area (Å²) in [5.74, 6) is -0.892. The first-order valence-electron chi connectivity index (χ1n) is 8.89. The molecule has 0 aromatic heterocycles. The molecule has 7 heteroatoms. The maximum absolute atomic E-state index is 14.1. The lowest BCUT2D eigenvalue weighted by Gasteiger charge is -2.40. The molecule has 6 nitrogen and oxygen atoms in total. The van der Waals surface area contributed by atoms with E-state index in [2.05, 4.69) is 0 Å². The van der Waals surface area contributed by atoms with Gasteiger partial charge in [0.2, 0.25) is 0 Å². The number of halogens is 1. The van der Waals surface area contributed by atoms with Crippen molar-refractivity contribution < 1.29 is 23.5 Å². The molecule has 2 amide bonds. The number of benzene rings is 1. The molecule has 2 unspecified atom stereocenters. The lowest BCUT2D eigenvalue weighted by molar-refractivity contribution is -0.0339. The van der Waals surface area contributed by atoms with E-state index in [9.17, 15) is 14.0 Å². The number of fused-ring (bicyclic) bond motifs is 2. The van der Waals surface area contributed by atoms with Crippen molar-refractivity contribution in [1.82, 2.24) is 9.80 Å². The molecular formula is C19H25FN2O4. The molecule has 26 heavy (non-hydrogen) atoms. The predicted octanol–water partition coefficient (Wildman–Crippen LogP) is 2.68. The summed E-state index contributed by atoms with van der Waals surface area (Å²) in [6.45, 7) is 6.94. The van der Waals surface area contributed by atoms with Gasteiger partial charge in [-0.25, -0.2) is 9.18 Å². The van der Waals surface area contributed by atoms with Gasteiger partial charge in [0.25, 0.3) is 5.91 Å². The van der Waals surface area contributed by atoms with Crippen LogP contribution >= 0.6 is 0 Å². The number of carbonyl (C=O) groups is 2. The Morgan fingerprint density at radius 1 is 1.19 bits per heavy atom. The van der Waals surface area contributed by atoms with Crippen molar-refractivity contribution in [3.63, 3.8) is 0 Å². The molecule has 2 aliphatic heterocycles. The lowest BCUT2D eigenvalue weighted by atomic mass is 10.1. The van der Waals surface area contributed by atoms with Gasteiger partial charge in [-0.05, 0) is 39.3 Å². The minimum Gasteiger partial charge on any atom is -0.444 e. The third-order valence-corrected chi connectivity index (χ3v) is 4.56. The van der Waals surface area contributed by atoms with Crippen molar-refractivity contribution in [2.75, 3.05) is 26.3 Å². The van der Waals surface area contributed by atoms with E-state index < -0.39 is 17.5 Å². The largest absolute Gasteiger partial charge is 0.444 e. The smallest absolute Gasteiger partial charge is 0.410 e. The third kappa shape index (κ3) is 3.98. The zero-order chi connectivity index (χ0) is 18.9. The Balaban J connectivity index is 1.81. The summed E-state index contributed by atoms with van der Waals surface area (Å²) in [5, 5.41) is 0. The van der Waals surface area contributed by atoms with Crippen molar-refractivity contribution in [3.05, 3.63) is 35.6 Å². The second kappa shape index (κ2) is 7.23. The van der Waals surface area contributed by atoms with E-state index in [1.807, 2.05) is 20.8 Å². The minimum atomic E-state index is -0.586. The van der Waals surface area contributed by atoms with Gasteiger partial charge in [-0.15, -0.1) is 0 Å². The molecule has 1 aromatic rings. The van der Waals surface area contributed by atoms with Crippen LogP contribution in [-0.2, 0) is 9.47 Å². The number of morpholine rings is 1. The van der Waals surface area contributed by atoms with Gasteiger partial charge in [0.1, 0.15) is 11.4 Å². The molecule has 0 aliphatic carbocycles. The number of hydrogen-bond donors (Lipinski definition) is 0. The van der Waals surface area contributed by atoms with Gasteiger partial charge in [-0.1, -0.05) is 12.1 Å². The molecule has 2 fully saturated rings. The standard InChI is InChI=1S/C19H25FN2O4/c1-19(2,3)26-18(24)21-9-8-13-11-25-12-14(10-21)22(13)17(23)15-6-4-5-7-16(15)20/h4-7,13-14H,8-12H2,1-3H3. The van der Waals surface area contributed by atoms with Gasteiger partial charge in [0.05, 0.1) is 30.9 Å². The van der Waals surface area contributed by atoms with Crippen LogP contribution in [0.15, 0.2) is 24.3 Å². The number of nitrogens with zero attached hydrogens (tertiary/aromatic N) is 2. The Bertz CT molecular complexity index is 688. The van der Waals surface area contributed by atoms with E-state index in [0.717, 1.165) is 0 Å². The summed E-state index contributed by atoms with van der Waals surface area (Å²) in [7, 11) is 0. The van der Waals surface area contributed by atoms with Crippen molar-refractivity contribution in [2.45, 2.75) is 44.9 Å². The highest BCUT2D eigenvalue weighted by Crippen LogP contribution is 2.25. The van der Waals surface area contributed by atoms with E-state index in [-0.39, 0.29) is 23.6 Å². The summed E-state index contributed by atoms with van der Waals surface area (Å²) in [6.07, 6.45) is 0.166. The second-order valence-corrected chi connectivity index (χ2v) is 7.75. The summed E-state index contributed by atoms with van der Waals surface area (Å²) in [4.78, 5) is 28.7. The molecule has 0 N–H and O–H groups in total. The number of hydrogen-bond acceptors (Lipinski definition) is 4. The van der Waals surface area contributed by atoms with E-state index in [1.165, 1.54) is 12.1 Å². The van der Waals surface area contributed by atoms with E-state index in [0.29, 0.717) is 32.7 Å². The molecule has 2 saturated heterocycles. The Labute approximate surface area is 152 Å². The fourth-order valence-corrected chi connectivity index (χ4v) is 3.41. The lowest BCUT2D eigenvalue weighted by Crippen LogP contribution is -2.56. The van der Waals surface area contributed by atoms with Crippen LogP contribution in [0.25, 0.3) is 0 Å². The van der Waals surface area contributed by atoms with E-state index in [1.54, 1.807) is 21.9 Å². The molecule has 1 aromatic carbocycles. The van der Waals surface area contributed by atoms with Gasteiger partial charge in [0, 0.05) is 13.1 Å². The zero-order valence-corrected chi connectivity index (χ0v) is 15.4. The second-order valence-electron chi connectivity index (χ2n) is 7.75. The average molecular weight is 364 g/mol. The van der Waals surface area contributed by atoms with Gasteiger partial charge in [-0.3, -0.25) is 4.79 Å². The van der Waals surface area contributed by atoms with Crippen molar-refractivity contribution >= 4 is 12.0 Å². The molecule has 0 spiro atoms. The monoisotopic (exact) mass is 364 g/mol. The van der Waals surface area contributed by atoms with Gasteiger partial charge >= 0.3 is 6.09 Å². The van der Waals surface area contributed by atoms with Crippen LogP contribution in [0, 0.1) is 5.82 Å². The van der Waals surface area contributed by atoms with Crippen molar-refractivity contribution in [2.24, 2.45) is 0 Å². The predicted molar refractivity (Wildman–Crippen MR) is 93.4 cm³/mol. The molecule has 142 valence electrons. The SMILES string of the molecule is CC(C)(C)OC(=O)N1CCC2COCC(C1)N2C(=O)c1ccccc1F. The maximum Gasteiger partial charge on any atom is 0.410 e. The molecule has 0 saturated carbocycles. The number of rotatable bonds is 1. The Kier molecular flexibility index (Phi) is 5.18. The quantitative estimate of drug-likeness (QED) is 0.769. The average Bonchev–Trinajstić information content (AvgIpc) is 2.66. The molecule has 2 atom stereocenters. The van der Waals surface area contributed by atoms with Crippen LogP contribution in [0.1, 0.15) is 37.6 Å². The van der Waals surface area contributed by atoms with Crippen LogP contribution in [0.2, 0.25) is 0 Å². The Morgan fingerprint density at radius 3 is 2.58 bits per heavy atom. The minimum absolute atomic E-state index is 0.0510. The third-order valence-electron chi connectivity index (χ3n) is 4.56. The van der Waals surface area contributed by atoms with E-state index >= 15 is 0 Å². The van der Waals surface area contributed by atoms with Crippen LogP contribution in [0.4, 0.5) is 9.18 Å². The highest BCUT2D eigenvalue weighted by molar-refractivity contribution is 5.95. The molecule has 0 radical (unpaired) electrons. The molecule has 2 aliphatic rings. The van der Waals surface area contributed by atoms with E-state index in [4.69, 9.17) is 9.47 Å². The van der Waals surface area contributed by atoms with Crippen molar-refractivity contribution in [1.29, 1.82) is 0 Å². The van der Waals surface area contributed by atoms with Crippen LogP contribution in [0.5, 0.6) is 0 Å².